The molecule has 140 valence electrons. The van der Waals surface area contributed by atoms with Crippen LogP contribution in [0.4, 0.5) is 5.69 Å². The summed E-state index contributed by atoms with van der Waals surface area (Å²) in [5, 5.41) is 3.01. The van der Waals surface area contributed by atoms with Crippen molar-refractivity contribution in [2.45, 2.75) is 51.9 Å². The van der Waals surface area contributed by atoms with Gasteiger partial charge in [-0.15, -0.1) is 0 Å². The molecule has 6 heteroatoms. The maximum Gasteiger partial charge on any atom is 0.232 e. The van der Waals surface area contributed by atoms with E-state index in [1.807, 2.05) is 25.1 Å². The summed E-state index contributed by atoms with van der Waals surface area (Å²) < 4.78 is 25.5. The smallest absolute Gasteiger partial charge is 0.232 e. The van der Waals surface area contributed by atoms with Crippen LogP contribution in [0.2, 0.25) is 0 Å². The van der Waals surface area contributed by atoms with Gasteiger partial charge < -0.3 is 5.32 Å². The summed E-state index contributed by atoms with van der Waals surface area (Å²) in [6, 6.07) is 7.42. The zero-order valence-corrected chi connectivity index (χ0v) is 16.1. The monoisotopic (exact) mass is 366 g/mol. The minimum Gasteiger partial charge on any atom is -0.356 e. The lowest BCUT2D eigenvalue weighted by atomic mass is 9.89. The van der Waals surface area contributed by atoms with E-state index in [0.717, 1.165) is 12.1 Å². The van der Waals surface area contributed by atoms with Crippen LogP contribution in [0.3, 0.4) is 0 Å². The number of rotatable bonds is 8. The summed E-state index contributed by atoms with van der Waals surface area (Å²) in [6.45, 7) is 3.01. The van der Waals surface area contributed by atoms with Crippen LogP contribution in [0.1, 0.15) is 50.5 Å². The molecule has 1 amide bonds. The second-order valence-corrected chi connectivity index (χ2v) is 8.99. The average Bonchev–Trinajstić information content (AvgIpc) is 2.56. The highest BCUT2D eigenvalue weighted by Gasteiger charge is 2.18. The van der Waals surface area contributed by atoms with Crippen LogP contribution >= 0.6 is 0 Å². The third-order valence-corrected chi connectivity index (χ3v) is 5.96. The summed E-state index contributed by atoms with van der Waals surface area (Å²) in [7, 11) is -3.36. The van der Waals surface area contributed by atoms with Gasteiger partial charge in [0.1, 0.15) is 0 Å². The van der Waals surface area contributed by atoms with Crippen LogP contribution in [0.5, 0.6) is 0 Å². The highest BCUT2D eigenvalue weighted by atomic mass is 32.2. The first kappa shape index (κ1) is 19.8. The van der Waals surface area contributed by atoms with Gasteiger partial charge in [0, 0.05) is 19.5 Å². The fourth-order valence-electron chi connectivity index (χ4n) is 3.39. The van der Waals surface area contributed by atoms with Gasteiger partial charge in [-0.3, -0.25) is 9.10 Å². The van der Waals surface area contributed by atoms with E-state index in [9.17, 15) is 13.2 Å². The first-order chi connectivity index (χ1) is 11.9. The molecule has 1 aromatic rings. The zero-order chi connectivity index (χ0) is 18.3. The Balaban J connectivity index is 1.81. The van der Waals surface area contributed by atoms with Gasteiger partial charge in [-0.1, -0.05) is 31.4 Å². The number of aryl methyl sites for hydroxylation is 1. The maximum atomic E-state index is 12.1. The van der Waals surface area contributed by atoms with Gasteiger partial charge in [-0.25, -0.2) is 8.42 Å². The minimum absolute atomic E-state index is 0.0169. The highest BCUT2D eigenvalue weighted by Crippen LogP contribution is 2.23. The SMILES string of the molecule is Cc1cccc(N(CCCC(=O)NCC2CCCCC2)S(C)(=O)=O)c1. The van der Waals surface area contributed by atoms with Crippen LogP contribution in [0, 0.1) is 12.8 Å². The molecular formula is C19H30N2O3S. The van der Waals surface area contributed by atoms with E-state index in [0.29, 0.717) is 31.0 Å². The van der Waals surface area contributed by atoms with Gasteiger partial charge in [-0.05, 0) is 49.8 Å². The molecule has 0 aromatic heterocycles. The quantitative estimate of drug-likeness (QED) is 0.768. The summed E-state index contributed by atoms with van der Waals surface area (Å²) in [6.07, 6.45) is 8.32. The third kappa shape index (κ3) is 6.69. The predicted octanol–water partition coefficient (Wildman–Crippen LogP) is 3.24. The molecule has 0 aliphatic heterocycles. The van der Waals surface area contributed by atoms with Crippen molar-refractivity contribution in [1.29, 1.82) is 0 Å². The summed E-state index contributed by atoms with van der Waals surface area (Å²) >= 11 is 0. The zero-order valence-electron chi connectivity index (χ0n) is 15.3. The van der Waals surface area contributed by atoms with E-state index < -0.39 is 10.0 Å². The molecule has 1 aliphatic rings. The Bertz CT molecular complexity index is 667. The molecule has 0 saturated heterocycles. The van der Waals surface area contributed by atoms with Crippen molar-refractivity contribution in [1.82, 2.24) is 5.32 Å². The second-order valence-electron chi connectivity index (χ2n) is 7.09. The fraction of sp³-hybridized carbons (Fsp3) is 0.632. The summed E-state index contributed by atoms with van der Waals surface area (Å²) in [5.74, 6) is 0.626. The molecule has 0 unspecified atom stereocenters. The van der Waals surface area contributed by atoms with Crippen molar-refractivity contribution in [3.05, 3.63) is 29.8 Å². The van der Waals surface area contributed by atoms with Crippen LogP contribution in [-0.4, -0.2) is 33.7 Å². The number of nitrogens with zero attached hydrogens (tertiary/aromatic N) is 1. The Morgan fingerprint density at radius 1 is 1.24 bits per heavy atom. The largest absolute Gasteiger partial charge is 0.356 e. The second kappa shape index (κ2) is 9.22. The molecule has 1 N–H and O–H groups in total. The van der Waals surface area contributed by atoms with Crippen molar-refractivity contribution in [3.63, 3.8) is 0 Å². The predicted molar refractivity (Wildman–Crippen MR) is 102 cm³/mol. The van der Waals surface area contributed by atoms with Crippen molar-refractivity contribution >= 4 is 21.6 Å². The molecule has 1 saturated carbocycles. The van der Waals surface area contributed by atoms with Gasteiger partial charge in [0.05, 0.1) is 11.9 Å². The topological polar surface area (TPSA) is 66.5 Å². The Morgan fingerprint density at radius 2 is 1.96 bits per heavy atom. The third-order valence-electron chi connectivity index (χ3n) is 4.77. The molecule has 5 nitrogen and oxygen atoms in total. The van der Waals surface area contributed by atoms with E-state index in [-0.39, 0.29) is 5.91 Å². The Labute approximate surface area is 151 Å². The summed E-state index contributed by atoms with van der Waals surface area (Å²) in [5.41, 5.74) is 1.67. The Morgan fingerprint density at radius 3 is 2.60 bits per heavy atom. The van der Waals surface area contributed by atoms with Crippen molar-refractivity contribution < 1.29 is 13.2 Å². The van der Waals surface area contributed by atoms with E-state index in [4.69, 9.17) is 0 Å². The standard InChI is InChI=1S/C19H30N2O3S/c1-16-8-6-11-18(14-16)21(25(2,23)24)13-7-12-19(22)20-15-17-9-4-3-5-10-17/h6,8,11,14,17H,3-5,7,9-10,12-13,15H2,1-2H3,(H,20,22). The Hall–Kier alpha value is -1.56. The molecule has 0 atom stereocenters. The van der Waals surface area contributed by atoms with E-state index >= 15 is 0 Å². The van der Waals surface area contributed by atoms with Crippen LogP contribution in [-0.2, 0) is 14.8 Å². The molecular weight excluding hydrogens is 336 g/mol. The Kier molecular flexibility index (Phi) is 7.29. The number of benzene rings is 1. The normalized spacial score (nSPS) is 15.8. The summed E-state index contributed by atoms with van der Waals surface area (Å²) in [4.78, 5) is 12.0. The number of nitrogens with one attached hydrogen (secondary N) is 1. The maximum absolute atomic E-state index is 12.1. The van der Waals surface area contributed by atoms with Gasteiger partial charge in [0.2, 0.25) is 15.9 Å². The van der Waals surface area contributed by atoms with Gasteiger partial charge in [0.15, 0.2) is 0 Å². The lowest BCUT2D eigenvalue weighted by molar-refractivity contribution is -0.121. The molecule has 1 aliphatic carbocycles. The molecule has 0 heterocycles. The van der Waals surface area contributed by atoms with Crippen LogP contribution in [0.25, 0.3) is 0 Å². The van der Waals surface area contributed by atoms with Crippen LogP contribution in [0.15, 0.2) is 24.3 Å². The highest BCUT2D eigenvalue weighted by molar-refractivity contribution is 7.92. The van der Waals surface area contributed by atoms with Crippen molar-refractivity contribution in [2.24, 2.45) is 5.92 Å². The van der Waals surface area contributed by atoms with E-state index in [2.05, 4.69) is 5.32 Å². The number of hydrogen-bond acceptors (Lipinski definition) is 3. The first-order valence-corrected chi connectivity index (χ1v) is 11.0. The number of amides is 1. The lowest BCUT2D eigenvalue weighted by Gasteiger charge is -2.23. The van der Waals surface area contributed by atoms with E-state index in [1.54, 1.807) is 6.07 Å². The number of carbonyl (C=O) groups is 1. The van der Waals surface area contributed by atoms with Gasteiger partial charge >= 0.3 is 0 Å². The molecule has 0 radical (unpaired) electrons. The van der Waals surface area contributed by atoms with Gasteiger partial charge in [0.25, 0.3) is 0 Å². The molecule has 0 spiro atoms. The molecule has 25 heavy (non-hydrogen) atoms. The van der Waals surface area contributed by atoms with E-state index in [1.165, 1.54) is 42.7 Å². The number of carbonyl (C=O) groups excluding carboxylic acids is 1. The molecule has 1 aromatic carbocycles. The lowest BCUT2D eigenvalue weighted by Crippen LogP contribution is -2.33. The molecule has 1 fully saturated rings. The van der Waals surface area contributed by atoms with Gasteiger partial charge in [-0.2, -0.15) is 0 Å². The van der Waals surface area contributed by atoms with Crippen LogP contribution < -0.4 is 9.62 Å². The number of sulfonamides is 1. The number of hydrogen-bond donors (Lipinski definition) is 1. The first-order valence-electron chi connectivity index (χ1n) is 9.17. The molecule has 0 bridgehead atoms. The minimum atomic E-state index is -3.36. The average molecular weight is 367 g/mol. The fourth-order valence-corrected chi connectivity index (χ4v) is 4.35. The molecule has 2 rings (SSSR count). The van der Waals surface area contributed by atoms with Crippen molar-refractivity contribution in [2.75, 3.05) is 23.7 Å². The number of anilines is 1. The van der Waals surface area contributed by atoms with Crippen molar-refractivity contribution in [3.8, 4) is 0 Å².